The molecule has 0 unspecified atom stereocenters. The van der Waals surface area contributed by atoms with E-state index < -0.39 is 36.8 Å². The molecular formula is C35H38O7. The summed E-state index contributed by atoms with van der Waals surface area (Å²) in [6.45, 7) is 0.402. The van der Waals surface area contributed by atoms with Gasteiger partial charge in [-0.1, -0.05) is 121 Å². The highest BCUT2D eigenvalue weighted by molar-refractivity contribution is 5.16. The summed E-state index contributed by atoms with van der Waals surface area (Å²) in [5.41, 5.74) is 3.80. The maximum Gasteiger partial charge on any atom is 0.219 e. The second-order valence-electron chi connectivity index (χ2n) is 10.4. The molecule has 42 heavy (non-hydrogen) atoms. The number of aliphatic hydroxyl groups is 2. The summed E-state index contributed by atoms with van der Waals surface area (Å²) >= 11 is 0. The van der Waals surface area contributed by atoms with Crippen LogP contribution in [0, 0.1) is 0 Å². The molecule has 1 aliphatic heterocycles. The lowest BCUT2D eigenvalue weighted by molar-refractivity contribution is -0.379. The zero-order valence-electron chi connectivity index (χ0n) is 23.5. The molecular weight excluding hydrogens is 532 g/mol. The topological polar surface area (TPSA) is 86.6 Å². The van der Waals surface area contributed by atoms with Crippen molar-refractivity contribution in [2.45, 2.75) is 56.6 Å². The molecule has 1 fully saturated rings. The van der Waals surface area contributed by atoms with E-state index in [9.17, 15) is 10.2 Å². The zero-order valence-corrected chi connectivity index (χ0v) is 23.5. The molecule has 1 saturated heterocycles. The van der Waals surface area contributed by atoms with Crippen LogP contribution < -0.4 is 0 Å². The van der Waals surface area contributed by atoms with Gasteiger partial charge in [0, 0.05) is 0 Å². The van der Waals surface area contributed by atoms with Gasteiger partial charge in [0.15, 0.2) is 0 Å². The van der Waals surface area contributed by atoms with E-state index in [2.05, 4.69) is 0 Å². The maximum absolute atomic E-state index is 12.0. The Bertz CT molecular complexity index is 1310. The van der Waals surface area contributed by atoms with Gasteiger partial charge in [-0.2, -0.15) is 0 Å². The average molecular weight is 571 g/mol. The Morgan fingerprint density at radius 1 is 0.548 bits per heavy atom. The van der Waals surface area contributed by atoms with Gasteiger partial charge in [0.1, 0.15) is 31.0 Å². The predicted molar refractivity (Wildman–Crippen MR) is 158 cm³/mol. The summed E-state index contributed by atoms with van der Waals surface area (Å²) in [5.74, 6) is -1.93. The summed E-state index contributed by atoms with van der Waals surface area (Å²) in [6.07, 6.45) is -3.43. The first-order chi connectivity index (χ1) is 20.6. The molecule has 0 aliphatic carbocycles. The Hall–Kier alpha value is -3.40. The van der Waals surface area contributed by atoms with Crippen molar-refractivity contribution in [2.75, 3.05) is 13.2 Å². The summed E-state index contributed by atoms with van der Waals surface area (Å²) < 4.78 is 31.5. The lowest BCUT2D eigenvalue weighted by Crippen LogP contribution is -2.68. The number of benzene rings is 4. The van der Waals surface area contributed by atoms with Crippen LogP contribution in [0.3, 0.4) is 0 Å². The van der Waals surface area contributed by atoms with E-state index in [0.717, 1.165) is 22.3 Å². The van der Waals surface area contributed by atoms with Gasteiger partial charge in [-0.25, -0.2) is 0 Å². The van der Waals surface area contributed by atoms with Gasteiger partial charge in [0.05, 0.1) is 33.0 Å². The van der Waals surface area contributed by atoms with Crippen LogP contribution in [0.5, 0.6) is 0 Å². The van der Waals surface area contributed by atoms with Crippen molar-refractivity contribution in [3.63, 3.8) is 0 Å². The standard InChI is InChI=1S/C35H38O7/c36-21-31-32(39-23-28-15-7-2-8-16-28)33(40-24-29-17-9-3-10-18-29)34(41-25-30-19-11-4-12-20-30)35(37,42-31)26-38-22-27-13-5-1-6-14-27/h1-20,31-34,36-37H,21-26H2/t31-,32-,33-,34+,35+/m1/s1. The van der Waals surface area contributed by atoms with Crippen LogP contribution in [-0.4, -0.2) is 53.6 Å². The van der Waals surface area contributed by atoms with Gasteiger partial charge < -0.3 is 33.9 Å². The molecule has 1 heterocycles. The van der Waals surface area contributed by atoms with Crippen LogP contribution in [0.2, 0.25) is 0 Å². The van der Waals surface area contributed by atoms with Crippen molar-refractivity contribution in [2.24, 2.45) is 0 Å². The van der Waals surface area contributed by atoms with E-state index >= 15 is 0 Å². The number of hydrogen-bond acceptors (Lipinski definition) is 7. The number of ether oxygens (including phenoxy) is 5. The molecule has 1 aliphatic rings. The summed E-state index contributed by atoms with van der Waals surface area (Å²) in [6, 6.07) is 38.9. The molecule has 7 heteroatoms. The smallest absolute Gasteiger partial charge is 0.219 e. The van der Waals surface area contributed by atoms with Crippen LogP contribution >= 0.6 is 0 Å². The Balaban J connectivity index is 1.42. The van der Waals surface area contributed by atoms with Crippen LogP contribution in [-0.2, 0) is 50.1 Å². The average Bonchev–Trinajstić information content (AvgIpc) is 3.04. The lowest BCUT2D eigenvalue weighted by atomic mass is 9.91. The molecule has 4 aromatic carbocycles. The second-order valence-corrected chi connectivity index (χ2v) is 10.4. The van der Waals surface area contributed by atoms with E-state index in [1.54, 1.807) is 0 Å². The van der Waals surface area contributed by atoms with Gasteiger partial charge in [-0.15, -0.1) is 0 Å². The Morgan fingerprint density at radius 2 is 0.952 bits per heavy atom. The third-order valence-corrected chi connectivity index (χ3v) is 7.23. The normalized spacial score (nSPS) is 24.0. The third-order valence-electron chi connectivity index (χ3n) is 7.23. The number of hydrogen-bond donors (Lipinski definition) is 2. The van der Waals surface area contributed by atoms with E-state index in [1.165, 1.54) is 0 Å². The van der Waals surface area contributed by atoms with Crippen molar-refractivity contribution in [1.82, 2.24) is 0 Å². The fraction of sp³-hybridized carbons (Fsp3) is 0.314. The largest absolute Gasteiger partial charge is 0.394 e. The van der Waals surface area contributed by atoms with Gasteiger partial charge >= 0.3 is 0 Å². The fourth-order valence-corrected chi connectivity index (χ4v) is 5.09. The molecule has 4 aromatic rings. The fourth-order valence-electron chi connectivity index (χ4n) is 5.09. The summed E-state index contributed by atoms with van der Waals surface area (Å²) in [7, 11) is 0. The van der Waals surface area contributed by atoms with Gasteiger partial charge in [0.25, 0.3) is 0 Å². The molecule has 0 bridgehead atoms. The van der Waals surface area contributed by atoms with Crippen molar-refractivity contribution >= 4 is 0 Å². The third kappa shape index (κ3) is 8.12. The van der Waals surface area contributed by atoms with Crippen molar-refractivity contribution in [3.8, 4) is 0 Å². The Kier molecular flexibility index (Phi) is 10.9. The van der Waals surface area contributed by atoms with E-state index in [0.29, 0.717) is 0 Å². The zero-order chi connectivity index (χ0) is 29.0. The molecule has 0 saturated carbocycles. The van der Waals surface area contributed by atoms with Gasteiger partial charge in [-0.3, -0.25) is 0 Å². The Labute approximate surface area is 247 Å². The van der Waals surface area contributed by atoms with Gasteiger partial charge in [-0.05, 0) is 22.3 Å². The quantitative estimate of drug-likeness (QED) is 0.220. The first-order valence-corrected chi connectivity index (χ1v) is 14.2. The first-order valence-electron chi connectivity index (χ1n) is 14.2. The molecule has 2 N–H and O–H groups in total. The molecule has 0 spiro atoms. The van der Waals surface area contributed by atoms with Crippen LogP contribution in [0.4, 0.5) is 0 Å². The van der Waals surface area contributed by atoms with Crippen LogP contribution in [0.25, 0.3) is 0 Å². The monoisotopic (exact) mass is 570 g/mol. The SMILES string of the molecule is OC[C@H]1O[C@@](O)(COCc2ccccc2)[C@@H](OCc2ccccc2)[C@H](OCc2ccccc2)[C@@H]1OCc1ccccc1. The molecule has 0 amide bonds. The highest BCUT2D eigenvalue weighted by Crippen LogP contribution is 2.36. The summed E-state index contributed by atoms with van der Waals surface area (Å²) in [5, 5.41) is 22.5. The minimum absolute atomic E-state index is 0.200. The molecule has 0 aromatic heterocycles. The highest BCUT2D eigenvalue weighted by atomic mass is 16.7. The van der Waals surface area contributed by atoms with Crippen molar-refractivity contribution < 1.29 is 33.9 Å². The second kappa shape index (κ2) is 15.2. The predicted octanol–water partition coefficient (Wildman–Crippen LogP) is 5.04. The van der Waals surface area contributed by atoms with Crippen molar-refractivity contribution in [1.29, 1.82) is 0 Å². The molecule has 220 valence electrons. The molecule has 5 atom stereocenters. The van der Waals surface area contributed by atoms with Crippen LogP contribution in [0.1, 0.15) is 22.3 Å². The van der Waals surface area contributed by atoms with Gasteiger partial charge in [0.2, 0.25) is 5.79 Å². The first kappa shape index (κ1) is 30.1. The molecule has 5 rings (SSSR count). The minimum Gasteiger partial charge on any atom is -0.394 e. The lowest BCUT2D eigenvalue weighted by Gasteiger charge is -2.49. The van der Waals surface area contributed by atoms with Crippen LogP contribution in [0.15, 0.2) is 121 Å². The summed E-state index contributed by atoms with van der Waals surface area (Å²) in [4.78, 5) is 0. The van der Waals surface area contributed by atoms with E-state index in [1.807, 2.05) is 121 Å². The van der Waals surface area contributed by atoms with Crippen molar-refractivity contribution in [3.05, 3.63) is 144 Å². The molecule has 0 radical (unpaired) electrons. The molecule has 7 nitrogen and oxygen atoms in total. The number of aliphatic hydroxyl groups excluding tert-OH is 1. The highest BCUT2D eigenvalue weighted by Gasteiger charge is 2.56. The Morgan fingerprint density at radius 3 is 1.40 bits per heavy atom. The van der Waals surface area contributed by atoms with E-state index in [4.69, 9.17) is 23.7 Å². The van der Waals surface area contributed by atoms with E-state index in [-0.39, 0.29) is 33.0 Å². The number of rotatable bonds is 14. The minimum atomic E-state index is -1.93. The maximum atomic E-state index is 12.0.